The Labute approximate surface area is 251 Å². The molecule has 0 radical (unpaired) electrons. The minimum atomic E-state index is -4.30. The van der Waals surface area contributed by atoms with Crippen molar-refractivity contribution in [3.63, 3.8) is 0 Å². The van der Waals surface area contributed by atoms with Gasteiger partial charge in [0.15, 0.2) is 4.90 Å². The van der Waals surface area contributed by atoms with E-state index in [1.165, 1.54) is 40.7 Å². The number of hydrogen-bond acceptors (Lipinski definition) is 9. The third-order valence-electron chi connectivity index (χ3n) is 7.77. The van der Waals surface area contributed by atoms with E-state index in [0.29, 0.717) is 50.9 Å². The highest BCUT2D eigenvalue weighted by atomic mass is 32.2. The van der Waals surface area contributed by atoms with Crippen molar-refractivity contribution in [3.8, 4) is 5.88 Å². The predicted octanol–water partition coefficient (Wildman–Crippen LogP) is 4.50. The average Bonchev–Trinajstić information content (AvgIpc) is 2.94. The number of carbonyl (C=O) groups excluding carboxylic acids is 1. The highest BCUT2D eigenvalue weighted by Gasteiger charge is 2.42. The Kier molecular flexibility index (Phi) is 9.60. The first-order valence-corrected chi connectivity index (χ1v) is 15.7. The van der Waals surface area contributed by atoms with Crippen LogP contribution in [0, 0.1) is 15.5 Å². The number of nitro groups is 1. The van der Waals surface area contributed by atoms with Crippen LogP contribution in [0.5, 0.6) is 5.88 Å². The Morgan fingerprint density at radius 1 is 1.07 bits per heavy atom. The number of benzene rings is 1. The maximum atomic E-state index is 14.0. The van der Waals surface area contributed by atoms with Gasteiger partial charge in [0.05, 0.1) is 22.8 Å². The number of carbonyl (C=O) groups is 2. The molecule has 2 aliphatic heterocycles. The van der Waals surface area contributed by atoms with Crippen LogP contribution in [0.4, 0.5) is 10.5 Å². The predicted molar refractivity (Wildman–Crippen MR) is 156 cm³/mol. The first-order chi connectivity index (χ1) is 20.2. The summed E-state index contributed by atoms with van der Waals surface area (Å²) in [5.41, 5.74) is -1.30. The minimum Gasteiger partial charge on any atom is -0.478 e. The van der Waals surface area contributed by atoms with Crippen LogP contribution < -0.4 is 4.74 Å². The van der Waals surface area contributed by atoms with E-state index >= 15 is 0 Å². The van der Waals surface area contributed by atoms with Crippen molar-refractivity contribution in [2.24, 2.45) is 5.41 Å². The molecular weight excluding hydrogens is 580 g/mol. The lowest BCUT2D eigenvalue weighted by molar-refractivity contribution is -0.387. The molecule has 2 aromatic rings. The number of amides is 1. The average molecular weight is 619 g/mol. The summed E-state index contributed by atoms with van der Waals surface area (Å²) < 4.78 is 40.7. The maximum Gasteiger partial charge on any atom is 0.410 e. The summed E-state index contributed by atoms with van der Waals surface area (Å²) in [5, 5.41) is 21.5. The van der Waals surface area contributed by atoms with Crippen LogP contribution in [-0.4, -0.2) is 83.1 Å². The molecule has 2 bridgehead atoms. The van der Waals surface area contributed by atoms with Gasteiger partial charge in [-0.2, -0.15) is 4.31 Å². The molecule has 234 valence electrons. The molecule has 43 heavy (non-hydrogen) atoms. The number of carboxylic acid groups (broad SMARTS) is 1. The zero-order valence-corrected chi connectivity index (χ0v) is 25.5. The van der Waals surface area contributed by atoms with Gasteiger partial charge in [0, 0.05) is 38.3 Å². The zero-order valence-electron chi connectivity index (χ0n) is 24.7. The number of aromatic carboxylic acids is 1. The molecule has 1 aromatic carbocycles. The maximum absolute atomic E-state index is 14.0. The first-order valence-electron chi connectivity index (χ1n) is 14.3. The molecule has 1 saturated heterocycles. The summed E-state index contributed by atoms with van der Waals surface area (Å²) in [5.74, 6) is -0.854. The highest BCUT2D eigenvalue weighted by molar-refractivity contribution is 7.89. The molecule has 0 saturated carbocycles. The smallest absolute Gasteiger partial charge is 0.410 e. The molecule has 14 heteroatoms. The topological polar surface area (TPSA) is 169 Å². The van der Waals surface area contributed by atoms with Crippen LogP contribution in [0.15, 0.2) is 41.3 Å². The summed E-state index contributed by atoms with van der Waals surface area (Å²) in [6, 6.07) is 8.22. The lowest BCUT2D eigenvalue weighted by Crippen LogP contribution is -2.50. The van der Waals surface area contributed by atoms with E-state index < -0.39 is 43.7 Å². The standard InChI is InChI=1S/C29H38N4O9S/c1-28(2,3)42-27(36)31-17-14-29(15-18-31)13-6-8-22-21(26(34)35)11-12-25(30-22)41-19-7-16-32(20-29)43(39,40)24-10-5-4-9-23(24)33(37)38/h4-5,9-12H,6-8,13-20H2,1-3H3,(H,34,35). The van der Waals surface area contributed by atoms with Crippen molar-refractivity contribution in [1.29, 1.82) is 0 Å². The highest BCUT2D eigenvalue weighted by Crippen LogP contribution is 2.40. The van der Waals surface area contributed by atoms with Crippen molar-refractivity contribution in [3.05, 3.63) is 57.8 Å². The van der Waals surface area contributed by atoms with Gasteiger partial charge in [-0.15, -0.1) is 0 Å². The van der Waals surface area contributed by atoms with E-state index in [4.69, 9.17) is 9.47 Å². The van der Waals surface area contributed by atoms with Crippen molar-refractivity contribution >= 4 is 27.8 Å². The van der Waals surface area contributed by atoms with Gasteiger partial charge >= 0.3 is 12.1 Å². The number of ether oxygens (including phenoxy) is 2. The van der Waals surface area contributed by atoms with Crippen molar-refractivity contribution < 1.29 is 37.5 Å². The van der Waals surface area contributed by atoms with Gasteiger partial charge in [-0.25, -0.2) is 23.0 Å². The number of aromatic nitrogens is 1. The van der Waals surface area contributed by atoms with Gasteiger partial charge in [-0.05, 0) is 76.8 Å². The van der Waals surface area contributed by atoms with E-state index in [9.17, 15) is 33.2 Å². The second-order valence-corrected chi connectivity index (χ2v) is 13.9. The number of para-hydroxylation sites is 1. The number of pyridine rings is 1. The van der Waals surface area contributed by atoms with Crippen LogP contribution in [0.3, 0.4) is 0 Å². The Hall–Kier alpha value is -3.78. The van der Waals surface area contributed by atoms with Gasteiger partial charge in [0.2, 0.25) is 15.9 Å². The van der Waals surface area contributed by atoms with Crippen LogP contribution >= 0.6 is 0 Å². The number of fused-ring (bicyclic) bond motifs is 2. The molecule has 1 aromatic heterocycles. The van der Waals surface area contributed by atoms with Crippen LogP contribution in [0.1, 0.15) is 68.9 Å². The Balaban J connectivity index is 1.68. The summed E-state index contributed by atoms with van der Waals surface area (Å²) >= 11 is 0. The Morgan fingerprint density at radius 2 is 1.77 bits per heavy atom. The molecule has 3 heterocycles. The first kappa shape index (κ1) is 32.1. The number of nitrogens with zero attached hydrogens (tertiary/aromatic N) is 4. The molecule has 1 N–H and O–H groups in total. The molecule has 0 atom stereocenters. The molecular formula is C29H38N4O9S. The number of piperidine rings is 1. The largest absolute Gasteiger partial charge is 0.478 e. The number of aryl methyl sites for hydroxylation is 1. The molecule has 0 aliphatic carbocycles. The lowest BCUT2D eigenvalue weighted by atomic mass is 9.74. The quantitative estimate of drug-likeness (QED) is 0.380. The van der Waals surface area contributed by atoms with Crippen molar-refractivity contribution in [2.45, 2.75) is 69.8 Å². The van der Waals surface area contributed by atoms with E-state index in [0.717, 1.165) is 0 Å². The number of hydrogen-bond donors (Lipinski definition) is 1. The fraction of sp³-hybridized carbons (Fsp3) is 0.552. The third-order valence-corrected chi connectivity index (χ3v) is 9.66. The van der Waals surface area contributed by atoms with Crippen LogP contribution in [0.25, 0.3) is 0 Å². The van der Waals surface area contributed by atoms with Gasteiger partial charge in [0.1, 0.15) is 5.60 Å². The third kappa shape index (κ3) is 7.79. The van der Waals surface area contributed by atoms with Crippen LogP contribution in [-0.2, 0) is 21.2 Å². The molecule has 1 spiro atoms. The molecule has 1 fully saturated rings. The number of carboxylic acids is 1. The van der Waals surface area contributed by atoms with Crippen molar-refractivity contribution in [2.75, 3.05) is 32.8 Å². The van der Waals surface area contributed by atoms with Crippen molar-refractivity contribution in [1.82, 2.24) is 14.2 Å². The van der Waals surface area contributed by atoms with Crippen LogP contribution in [0.2, 0.25) is 0 Å². The summed E-state index contributed by atoms with van der Waals surface area (Å²) in [7, 11) is -4.30. The summed E-state index contributed by atoms with van der Waals surface area (Å²) in [4.78, 5) is 41.4. The molecule has 2 aliphatic rings. The summed E-state index contributed by atoms with van der Waals surface area (Å²) in [6.07, 6.45) is 2.09. The lowest BCUT2D eigenvalue weighted by Gasteiger charge is -2.44. The van der Waals surface area contributed by atoms with Gasteiger partial charge in [-0.3, -0.25) is 10.1 Å². The Bertz CT molecular complexity index is 1460. The van der Waals surface area contributed by atoms with Gasteiger partial charge < -0.3 is 19.5 Å². The number of likely N-dealkylation sites (tertiary alicyclic amines) is 1. The summed E-state index contributed by atoms with van der Waals surface area (Å²) in [6.45, 7) is 6.24. The van der Waals surface area contributed by atoms with Gasteiger partial charge in [-0.1, -0.05) is 12.1 Å². The minimum absolute atomic E-state index is 0.0337. The van der Waals surface area contributed by atoms with Gasteiger partial charge in [0.25, 0.3) is 5.69 Å². The number of rotatable bonds is 4. The molecule has 13 nitrogen and oxygen atoms in total. The fourth-order valence-corrected chi connectivity index (χ4v) is 7.35. The number of sulfonamides is 1. The fourth-order valence-electron chi connectivity index (χ4n) is 5.60. The number of nitro benzene ring substituents is 1. The molecule has 1 amide bonds. The van der Waals surface area contributed by atoms with E-state index in [-0.39, 0.29) is 42.5 Å². The Morgan fingerprint density at radius 3 is 2.42 bits per heavy atom. The molecule has 4 rings (SSSR count). The second kappa shape index (κ2) is 12.8. The van der Waals surface area contributed by atoms with E-state index in [1.54, 1.807) is 25.7 Å². The second-order valence-electron chi connectivity index (χ2n) is 12.0. The zero-order chi connectivity index (χ0) is 31.4. The van der Waals surface area contributed by atoms with E-state index in [1.807, 2.05) is 0 Å². The monoisotopic (exact) mass is 618 g/mol. The SMILES string of the molecule is CC(C)(C)OC(=O)N1CCC2(CCCc3nc(ccc3C(=O)O)OCCCN(S(=O)(=O)c3ccccc3[N+](=O)[O-])C2)CC1. The van der Waals surface area contributed by atoms with E-state index in [2.05, 4.69) is 4.98 Å². The molecule has 0 unspecified atom stereocenters. The normalized spacial score (nSPS) is 18.4.